The molecule has 0 saturated heterocycles. The molecule has 9 aromatic rings. The van der Waals surface area contributed by atoms with E-state index in [9.17, 15) is 0 Å². The number of benzene rings is 5. The van der Waals surface area contributed by atoms with Crippen molar-refractivity contribution in [2.75, 3.05) is 0 Å². The second kappa shape index (κ2) is 12.7. The van der Waals surface area contributed by atoms with Crippen LogP contribution in [0.1, 0.15) is 23.2 Å². The Kier molecular flexibility index (Phi) is 7.60. The fourth-order valence-electron chi connectivity index (χ4n) is 6.50. The molecule has 9 rings (SSSR count). The van der Waals surface area contributed by atoms with Crippen LogP contribution in [-0.4, -0.2) is 24.9 Å². The van der Waals surface area contributed by atoms with Crippen molar-refractivity contribution in [1.29, 1.82) is 0 Å². The maximum atomic E-state index is 6.33. The van der Waals surface area contributed by atoms with E-state index in [2.05, 4.69) is 43.0 Å². The SMILES string of the molecule is C=Cc1sc2cc(-c3nc(-c4ccccc4)c4oc5ccccc5c4n3)ccc2c1/C(=C\C)c1nc(-c2ccccc2)nc(-c2ccccc2)n1. The fourth-order valence-corrected chi connectivity index (χ4v) is 7.61. The number of rotatable bonds is 7. The molecule has 0 atom stereocenters. The van der Waals surface area contributed by atoms with Gasteiger partial charge in [0.15, 0.2) is 28.9 Å². The first-order valence-corrected chi connectivity index (χ1v) is 17.5. The highest BCUT2D eigenvalue weighted by atomic mass is 32.1. The third kappa shape index (κ3) is 5.41. The number of para-hydroxylation sites is 1. The fraction of sp³-hybridized carbons (Fsp3) is 0.0227. The van der Waals surface area contributed by atoms with Gasteiger partial charge in [-0.25, -0.2) is 24.9 Å². The highest BCUT2D eigenvalue weighted by Crippen LogP contribution is 2.42. The summed E-state index contributed by atoms with van der Waals surface area (Å²) in [5.74, 6) is 2.47. The van der Waals surface area contributed by atoms with E-state index in [1.807, 2.05) is 116 Å². The standard InChI is InChI=1S/C44H29N5OS/c1-3-31(44-48-41(28-18-10-6-11-19-28)47-42(49-44)29-20-12-7-13-21-29)37-33-25-24-30(26-36(33)51-35(37)4-2)43-45-38(27-16-8-5-9-17-27)40-39(46-43)32-22-14-15-23-34(32)50-40/h3-26H,2H2,1H3/b31-3+. The maximum absolute atomic E-state index is 6.33. The minimum atomic E-state index is 0.602. The van der Waals surface area contributed by atoms with E-state index in [0.29, 0.717) is 28.9 Å². The van der Waals surface area contributed by atoms with Crippen LogP contribution in [0, 0.1) is 0 Å². The van der Waals surface area contributed by atoms with Crippen LogP contribution in [0.2, 0.25) is 0 Å². The van der Waals surface area contributed by atoms with E-state index in [4.69, 9.17) is 29.3 Å². The molecule has 0 saturated carbocycles. The predicted octanol–water partition coefficient (Wildman–Crippen LogP) is 11.5. The molecule has 242 valence electrons. The number of aromatic nitrogens is 5. The molecule has 0 radical (unpaired) electrons. The molecule has 6 nitrogen and oxygen atoms in total. The zero-order valence-electron chi connectivity index (χ0n) is 27.6. The largest absolute Gasteiger partial charge is 0.452 e. The summed E-state index contributed by atoms with van der Waals surface area (Å²) < 4.78 is 7.41. The van der Waals surface area contributed by atoms with Crippen molar-refractivity contribution in [3.05, 3.63) is 162 Å². The first-order valence-electron chi connectivity index (χ1n) is 16.7. The molecule has 0 aliphatic carbocycles. The zero-order chi connectivity index (χ0) is 34.3. The molecule has 0 spiro atoms. The zero-order valence-corrected chi connectivity index (χ0v) is 28.4. The van der Waals surface area contributed by atoms with Crippen LogP contribution in [0.5, 0.6) is 0 Å². The van der Waals surface area contributed by atoms with E-state index in [-0.39, 0.29) is 0 Å². The second-order valence-electron chi connectivity index (χ2n) is 12.0. The molecule has 4 heterocycles. The molecule has 0 bridgehead atoms. The molecule has 0 unspecified atom stereocenters. The third-order valence-electron chi connectivity index (χ3n) is 8.93. The van der Waals surface area contributed by atoms with Crippen LogP contribution < -0.4 is 0 Å². The van der Waals surface area contributed by atoms with E-state index < -0.39 is 0 Å². The Hall–Kier alpha value is -6.57. The topological polar surface area (TPSA) is 77.6 Å². The Labute approximate surface area is 298 Å². The summed E-state index contributed by atoms with van der Waals surface area (Å²) in [5.41, 5.74) is 8.70. The molecule has 0 aliphatic heterocycles. The van der Waals surface area contributed by atoms with Crippen LogP contribution in [0.25, 0.3) is 89.2 Å². The Morgan fingerprint density at radius 3 is 1.86 bits per heavy atom. The van der Waals surface area contributed by atoms with E-state index in [0.717, 1.165) is 70.5 Å². The van der Waals surface area contributed by atoms with Crippen LogP contribution >= 0.6 is 11.3 Å². The normalized spacial score (nSPS) is 11.8. The molecule has 0 aliphatic rings. The number of thiophene rings is 1. The van der Waals surface area contributed by atoms with Crippen molar-refractivity contribution >= 4 is 55.1 Å². The lowest BCUT2D eigenvalue weighted by molar-refractivity contribution is 0.667. The van der Waals surface area contributed by atoms with Gasteiger partial charge in [-0.1, -0.05) is 134 Å². The van der Waals surface area contributed by atoms with Crippen molar-refractivity contribution in [3.63, 3.8) is 0 Å². The average Bonchev–Trinajstić information content (AvgIpc) is 3.77. The van der Waals surface area contributed by atoms with Gasteiger partial charge < -0.3 is 4.42 Å². The van der Waals surface area contributed by atoms with E-state index >= 15 is 0 Å². The Morgan fingerprint density at radius 1 is 0.608 bits per heavy atom. The van der Waals surface area contributed by atoms with Crippen molar-refractivity contribution in [1.82, 2.24) is 24.9 Å². The molecule has 5 aromatic carbocycles. The minimum Gasteiger partial charge on any atom is -0.452 e. The molecule has 4 aromatic heterocycles. The van der Waals surface area contributed by atoms with Gasteiger partial charge in [-0.2, -0.15) is 0 Å². The van der Waals surface area contributed by atoms with Gasteiger partial charge >= 0.3 is 0 Å². The molecular weight excluding hydrogens is 647 g/mol. The minimum absolute atomic E-state index is 0.602. The molecule has 7 heteroatoms. The average molecular weight is 676 g/mol. The van der Waals surface area contributed by atoms with Crippen molar-refractivity contribution in [2.45, 2.75) is 6.92 Å². The van der Waals surface area contributed by atoms with Crippen molar-refractivity contribution in [3.8, 4) is 45.4 Å². The van der Waals surface area contributed by atoms with Crippen LogP contribution in [-0.2, 0) is 0 Å². The number of furan rings is 1. The Morgan fingerprint density at radius 2 is 1.22 bits per heavy atom. The van der Waals surface area contributed by atoms with Gasteiger partial charge in [-0.05, 0) is 25.1 Å². The summed E-state index contributed by atoms with van der Waals surface area (Å²) in [7, 11) is 0. The van der Waals surface area contributed by atoms with E-state index in [1.165, 1.54) is 0 Å². The highest BCUT2D eigenvalue weighted by molar-refractivity contribution is 7.20. The summed E-state index contributed by atoms with van der Waals surface area (Å²) in [4.78, 5) is 26.2. The summed E-state index contributed by atoms with van der Waals surface area (Å²) in [6, 6.07) is 44.6. The monoisotopic (exact) mass is 675 g/mol. The van der Waals surface area contributed by atoms with Crippen molar-refractivity contribution in [2.24, 2.45) is 0 Å². The Bertz CT molecular complexity index is 2710. The quantitative estimate of drug-likeness (QED) is 0.167. The number of fused-ring (bicyclic) bond motifs is 4. The first-order chi connectivity index (χ1) is 25.2. The van der Waals surface area contributed by atoms with Gasteiger partial charge in [0, 0.05) is 53.7 Å². The smallest absolute Gasteiger partial charge is 0.180 e. The van der Waals surface area contributed by atoms with Crippen molar-refractivity contribution < 1.29 is 4.42 Å². The number of hydrogen-bond donors (Lipinski definition) is 0. The van der Waals surface area contributed by atoms with Gasteiger partial charge in [0.2, 0.25) is 0 Å². The molecule has 0 fully saturated rings. The lowest BCUT2D eigenvalue weighted by Gasteiger charge is -2.12. The lowest BCUT2D eigenvalue weighted by Crippen LogP contribution is -2.04. The number of allylic oxidation sites excluding steroid dienone is 1. The van der Waals surface area contributed by atoms with E-state index in [1.54, 1.807) is 11.3 Å². The summed E-state index contributed by atoms with van der Waals surface area (Å²) in [5, 5.41) is 2.04. The summed E-state index contributed by atoms with van der Waals surface area (Å²) in [6.07, 6.45) is 3.99. The lowest BCUT2D eigenvalue weighted by atomic mass is 9.99. The van der Waals surface area contributed by atoms with Crippen LogP contribution in [0.15, 0.2) is 151 Å². The second-order valence-corrected chi connectivity index (χ2v) is 13.1. The summed E-state index contributed by atoms with van der Waals surface area (Å²) >= 11 is 1.68. The maximum Gasteiger partial charge on any atom is 0.180 e. The van der Waals surface area contributed by atoms with Gasteiger partial charge in [0.05, 0.1) is 0 Å². The first kappa shape index (κ1) is 30.5. The predicted molar refractivity (Wildman–Crippen MR) is 209 cm³/mol. The Balaban J connectivity index is 1.21. The molecule has 0 amide bonds. The highest BCUT2D eigenvalue weighted by Gasteiger charge is 2.22. The van der Waals surface area contributed by atoms with Gasteiger partial charge in [0.1, 0.15) is 16.8 Å². The number of hydrogen-bond acceptors (Lipinski definition) is 7. The van der Waals surface area contributed by atoms with Crippen LogP contribution in [0.3, 0.4) is 0 Å². The van der Waals surface area contributed by atoms with Gasteiger partial charge in [-0.3, -0.25) is 0 Å². The molecule has 51 heavy (non-hydrogen) atoms. The molecular formula is C44H29N5OS. The number of nitrogens with zero attached hydrogens (tertiary/aromatic N) is 5. The molecule has 0 N–H and O–H groups in total. The van der Waals surface area contributed by atoms with Gasteiger partial charge in [0.25, 0.3) is 0 Å². The third-order valence-corrected chi connectivity index (χ3v) is 10.1. The van der Waals surface area contributed by atoms with Gasteiger partial charge in [-0.15, -0.1) is 11.3 Å². The summed E-state index contributed by atoms with van der Waals surface area (Å²) in [6.45, 7) is 6.23. The van der Waals surface area contributed by atoms with Crippen LogP contribution in [0.4, 0.5) is 0 Å².